The van der Waals surface area contributed by atoms with Gasteiger partial charge in [-0.2, -0.15) is 10.2 Å². The predicted molar refractivity (Wildman–Crippen MR) is 61.3 cm³/mol. The van der Waals surface area contributed by atoms with Crippen LogP contribution in [0.3, 0.4) is 0 Å². The topological polar surface area (TPSA) is 75.6 Å². The van der Waals surface area contributed by atoms with Crippen molar-refractivity contribution < 1.29 is 4.79 Å². The van der Waals surface area contributed by atoms with E-state index in [0.717, 1.165) is 18.5 Å². The molecule has 0 bridgehead atoms. The van der Waals surface area contributed by atoms with Gasteiger partial charge in [-0.05, 0) is 18.9 Å². The summed E-state index contributed by atoms with van der Waals surface area (Å²) in [4.78, 5) is 12.0. The summed E-state index contributed by atoms with van der Waals surface area (Å²) in [6, 6.07) is 2.19. The van der Waals surface area contributed by atoms with Crippen molar-refractivity contribution in [2.45, 2.75) is 18.9 Å². The Bertz CT molecular complexity index is 552. The minimum Gasteiger partial charge on any atom is -0.349 e. The Labute approximate surface area is 98.0 Å². The summed E-state index contributed by atoms with van der Waals surface area (Å²) in [6.07, 6.45) is 5.40. The molecule has 0 atom stereocenters. The molecule has 1 aliphatic carbocycles. The molecule has 1 aliphatic rings. The zero-order chi connectivity index (χ0) is 11.8. The third-order valence-electron chi connectivity index (χ3n) is 2.87. The van der Waals surface area contributed by atoms with Crippen LogP contribution in [-0.4, -0.2) is 31.9 Å². The first-order valence-electron chi connectivity index (χ1n) is 5.58. The Morgan fingerprint density at radius 2 is 2.41 bits per heavy atom. The van der Waals surface area contributed by atoms with Crippen LogP contribution in [0.15, 0.2) is 18.5 Å². The molecule has 0 aliphatic heterocycles. The highest BCUT2D eigenvalue weighted by molar-refractivity contribution is 5.99. The van der Waals surface area contributed by atoms with Gasteiger partial charge < -0.3 is 5.32 Å². The van der Waals surface area contributed by atoms with Gasteiger partial charge in [0.05, 0.1) is 23.1 Å². The summed E-state index contributed by atoms with van der Waals surface area (Å²) in [5.41, 5.74) is 2.13. The number of aryl methyl sites for hydroxylation is 1. The number of hydrogen-bond donors (Lipinski definition) is 2. The molecule has 2 aromatic rings. The normalized spacial score (nSPS) is 14.9. The fourth-order valence-electron chi connectivity index (χ4n) is 1.76. The second kappa shape index (κ2) is 3.73. The van der Waals surface area contributed by atoms with Gasteiger partial charge >= 0.3 is 0 Å². The van der Waals surface area contributed by atoms with E-state index in [1.807, 2.05) is 13.1 Å². The minimum atomic E-state index is -0.0718. The lowest BCUT2D eigenvalue weighted by Gasteiger charge is -2.04. The van der Waals surface area contributed by atoms with Crippen LogP contribution < -0.4 is 5.32 Å². The number of amides is 1. The molecule has 2 heterocycles. The molecule has 0 saturated heterocycles. The molecule has 0 spiro atoms. The number of nitrogens with zero attached hydrogens (tertiary/aromatic N) is 3. The number of aromatic amines is 1. The van der Waals surface area contributed by atoms with Crippen LogP contribution in [0.5, 0.6) is 0 Å². The number of carbonyl (C=O) groups is 1. The minimum absolute atomic E-state index is 0.0718. The third kappa shape index (κ3) is 1.82. The Balaban J connectivity index is 1.93. The van der Waals surface area contributed by atoms with Crippen molar-refractivity contribution in [1.82, 2.24) is 25.3 Å². The highest BCUT2D eigenvalue weighted by Gasteiger charge is 2.26. The Hall–Kier alpha value is -2.11. The average molecular weight is 231 g/mol. The summed E-state index contributed by atoms with van der Waals surface area (Å²) in [5.74, 6) is -0.0718. The van der Waals surface area contributed by atoms with Crippen LogP contribution in [0.2, 0.25) is 0 Å². The maximum Gasteiger partial charge on any atom is 0.255 e. The van der Waals surface area contributed by atoms with Gasteiger partial charge in [0.1, 0.15) is 0 Å². The summed E-state index contributed by atoms with van der Waals surface area (Å²) in [6.45, 7) is 0. The van der Waals surface area contributed by atoms with E-state index in [2.05, 4.69) is 20.6 Å². The first-order chi connectivity index (χ1) is 8.25. The van der Waals surface area contributed by atoms with Crippen molar-refractivity contribution in [1.29, 1.82) is 0 Å². The molecule has 3 rings (SSSR count). The average Bonchev–Trinajstić information content (AvgIpc) is 2.83. The SMILES string of the molecule is Cn1nccc1-c1[nH]ncc1C(=O)NC1CC1. The molecule has 0 radical (unpaired) electrons. The monoisotopic (exact) mass is 231 g/mol. The molecular formula is C11H13N5O. The van der Waals surface area contributed by atoms with E-state index in [1.54, 1.807) is 17.1 Å². The van der Waals surface area contributed by atoms with Gasteiger partial charge in [-0.25, -0.2) is 0 Å². The van der Waals surface area contributed by atoms with E-state index in [1.165, 1.54) is 0 Å². The molecule has 6 heteroatoms. The van der Waals surface area contributed by atoms with Gasteiger partial charge in [0.2, 0.25) is 0 Å². The lowest BCUT2D eigenvalue weighted by molar-refractivity contribution is 0.0952. The molecule has 0 unspecified atom stereocenters. The largest absolute Gasteiger partial charge is 0.349 e. The van der Waals surface area contributed by atoms with Crippen LogP contribution in [0.25, 0.3) is 11.4 Å². The predicted octanol–water partition coefficient (Wildman–Crippen LogP) is 0.702. The van der Waals surface area contributed by atoms with E-state index in [9.17, 15) is 4.79 Å². The lowest BCUT2D eigenvalue weighted by Crippen LogP contribution is -2.25. The van der Waals surface area contributed by atoms with Crippen LogP contribution in [0.4, 0.5) is 0 Å². The van der Waals surface area contributed by atoms with Gasteiger partial charge in [0.15, 0.2) is 0 Å². The number of aromatic nitrogens is 4. The fourth-order valence-corrected chi connectivity index (χ4v) is 1.76. The molecule has 0 aromatic carbocycles. The van der Waals surface area contributed by atoms with Crippen molar-refractivity contribution in [3.63, 3.8) is 0 Å². The zero-order valence-corrected chi connectivity index (χ0v) is 9.47. The van der Waals surface area contributed by atoms with Gasteiger partial charge in [-0.1, -0.05) is 0 Å². The Kier molecular flexibility index (Phi) is 2.21. The van der Waals surface area contributed by atoms with E-state index in [0.29, 0.717) is 17.3 Å². The molecule has 88 valence electrons. The van der Waals surface area contributed by atoms with Gasteiger partial charge in [-0.15, -0.1) is 0 Å². The molecule has 17 heavy (non-hydrogen) atoms. The summed E-state index contributed by atoms with van der Waals surface area (Å²) in [5, 5.41) is 13.8. The van der Waals surface area contributed by atoms with E-state index < -0.39 is 0 Å². The van der Waals surface area contributed by atoms with Gasteiger partial charge in [0.25, 0.3) is 5.91 Å². The smallest absolute Gasteiger partial charge is 0.255 e. The summed E-state index contributed by atoms with van der Waals surface area (Å²) in [7, 11) is 1.83. The molecule has 2 aromatic heterocycles. The van der Waals surface area contributed by atoms with Crippen molar-refractivity contribution in [3.05, 3.63) is 24.0 Å². The maximum atomic E-state index is 12.0. The number of nitrogens with one attached hydrogen (secondary N) is 2. The molecule has 6 nitrogen and oxygen atoms in total. The summed E-state index contributed by atoms with van der Waals surface area (Å²) < 4.78 is 1.71. The Morgan fingerprint density at radius 3 is 3.06 bits per heavy atom. The van der Waals surface area contributed by atoms with Crippen LogP contribution >= 0.6 is 0 Å². The Morgan fingerprint density at radius 1 is 1.59 bits per heavy atom. The number of H-pyrrole nitrogens is 1. The van der Waals surface area contributed by atoms with E-state index in [4.69, 9.17) is 0 Å². The number of hydrogen-bond acceptors (Lipinski definition) is 3. The van der Waals surface area contributed by atoms with E-state index in [-0.39, 0.29) is 5.91 Å². The fraction of sp³-hybridized carbons (Fsp3) is 0.364. The highest BCUT2D eigenvalue weighted by atomic mass is 16.1. The molecule has 2 N–H and O–H groups in total. The number of rotatable bonds is 3. The van der Waals surface area contributed by atoms with Crippen molar-refractivity contribution in [2.75, 3.05) is 0 Å². The van der Waals surface area contributed by atoms with Crippen LogP contribution in [-0.2, 0) is 7.05 Å². The number of carbonyl (C=O) groups excluding carboxylic acids is 1. The quantitative estimate of drug-likeness (QED) is 0.816. The second-order valence-electron chi connectivity index (χ2n) is 4.25. The van der Waals surface area contributed by atoms with Crippen LogP contribution in [0.1, 0.15) is 23.2 Å². The van der Waals surface area contributed by atoms with Gasteiger partial charge in [0, 0.05) is 19.3 Å². The standard InChI is InChI=1S/C11H13N5O/c1-16-9(4-5-13-16)10-8(6-12-15-10)11(17)14-7-2-3-7/h4-7H,2-3H2,1H3,(H,12,15)(H,14,17). The molecular weight excluding hydrogens is 218 g/mol. The molecule has 1 amide bonds. The van der Waals surface area contributed by atoms with E-state index >= 15 is 0 Å². The molecule has 1 fully saturated rings. The van der Waals surface area contributed by atoms with Crippen molar-refractivity contribution >= 4 is 5.91 Å². The van der Waals surface area contributed by atoms with Gasteiger partial charge in [-0.3, -0.25) is 14.6 Å². The highest BCUT2D eigenvalue weighted by Crippen LogP contribution is 2.23. The third-order valence-corrected chi connectivity index (χ3v) is 2.87. The molecule has 1 saturated carbocycles. The first-order valence-corrected chi connectivity index (χ1v) is 5.58. The summed E-state index contributed by atoms with van der Waals surface area (Å²) >= 11 is 0. The second-order valence-corrected chi connectivity index (χ2v) is 4.25. The van der Waals surface area contributed by atoms with Crippen LogP contribution in [0, 0.1) is 0 Å². The lowest BCUT2D eigenvalue weighted by atomic mass is 10.2. The first kappa shape index (κ1) is 10.1. The maximum absolute atomic E-state index is 12.0. The zero-order valence-electron chi connectivity index (χ0n) is 9.47. The van der Waals surface area contributed by atoms with Crippen molar-refractivity contribution in [2.24, 2.45) is 7.05 Å². The van der Waals surface area contributed by atoms with Crippen molar-refractivity contribution in [3.8, 4) is 11.4 Å².